The Labute approximate surface area is 144 Å². The normalized spacial score (nSPS) is 15.9. The molecule has 24 heavy (non-hydrogen) atoms. The van der Waals surface area contributed by atoms with Gasteiger partial charge in [-0.15, -0.1) is 11.3 Å². The Bertz CT molecular complexity index is 814. The molecule has 0 amide bonds. The first-order valence-corrected chi connectivity index (χ1v) is 8.70. The van der Waals surface area contributed by atoms with Crippen molar-refractivity contribution in [3.05, 3.63) is 23.3 Å². The highest BCUT2D eigenvalue weighted by atomic mass is 32.1. The molecule has 0 spiro atoms. The van der Waals surface area contributed by atoms with E-state index in [1.165, 1.54) is 4.88 Å². The highest BCUT2D eigenvalue weighted by molar-refractivity contribution is 7.19. The Balaban J connectivity index is 1.86. The summed E-state index contributed by atoms with van der Waals surface area (Å²) in [6.07, 6.45) is 3.36. The molecule has 1 aromatic carbocycles. The van der Waals surface area contributed by atoms with Crippen molar-refractivity contribution in [1.29, 1.82) is 0 Å². The van der Waals surface area contributed by atoms with Crippen LogP contribution in [-0.4, -0.2) is 55.4 Å². The average Bonchev–Trinajstić information content (AvgIpc) is 3.03. The lowest BCUT2D eigenvalue weighted by molar-refractivity contribution is 0.0346. The predicted molar refractivity (Wildman–Crippen MR) is 94.1 cm³/mol. The van der Waals surface area contributed by atoms with Crippen molar-refractivity contribution in [3.8, 4) is 11.5 Å². The van der Waals surface area contributed by atoms with Gasteiger partial charge in [-0.25, -0.2) is 9.97 Å². The van der Waals surface area contributed by atoms with Gasteiger partial charge in [-0.05, 0) is 6.07 Å². The van der Waals surface area contributed by atoms with Crippen molar-refractivity contribution in [3.63, 3.8) is 0 Å². The number of ether oxygens (including phenoxy) is 3. The molecule has 0 radical (unpaired) electrons. The van der Waals surface area contributed by atoms with Gasteiger partial charge in [0.25, 0.3) is 0 Å². The molecule has 0 atom stereocenters. The van der Waals surface area contributed by atoms with E-state index in [2.05, 4.69) is 20.9 Å². The number of rotatable bonds is 4. The van der Waals surface area contributed by atoms with Gasteiger partial charge in [0.2, 0.25) is 0 Å². The molecule has 0 unspecified atom stereocenters. The van der Waals surface area contributed by atoms with E-state index in [9.17, 15) is 0 Å². The number of hydrogen-bond acceptors (Lipinski definition) is 7. The third kappa shape index (κ3) is 2.58. The van der Waals surface area contributed by atoms with Gasteiger partial charge in [0.1, 0.15) is 11.0 Å². The van der Waals surface area contributed by atoms with Crippen molar-refractivity contribution in [1.82, 2.24) is 14.9 Å². The molecule has 0 aliphatic carbocycles. The standard InChI is InChI=1S/C17H19N3O3S/c1-21-15-12-9-11(10-20-5-7-23-8-6-20)24-17(12)16(22-2)14-13(15)18-3-4-19-14/h3-4,9H,5-8,10H2,1-2H3. The van der Waals surface area contributed by atoms with Crippen LogP contribution in [0.25, 0.3) is 21.1 Å². The van der Waals surface area contributed by atoms with E-state index < -0.39 is 0 Å². The number of methoxy groups -OCH3 is 2. The molecule has 1 aliphatic rings. The first kappa shape index (κ1) is 15.6. The minimum atomic E-state index is 0.736. The minimum absolute atomic E-state index is 0.736. The Morgan fingerprint density at radius 3 is 2.42 bits per heavy atom. The molecule has 1 saturated heterocycles. The number of thiophene rings is 1. The fraction of sp³-hybridized carbons (Fsp3) is 0.412. The number of aromatic nitrogens is 2. The Morgan fingerprint density at radius 1 is 1.08 bits per heavy atom. The maximum Gasteiger partial charge on any atom is 0.164 e. The maximum atomic E-state index is 5.66. The third-order valence-corrected chi connectivity index (χ3v) is 5.37. The van der Waals surface area contributed by atoms with Crippen LogP contribution in [-0.2, 0) is 11.3 Å². The lowest BCUT2D eigenvalue weighted by Crippen LogP contribution is -2.35. The molecular weight excluding hydrogens is 326 g/mol. The summed E-state index contributed by atoms with van der Waals surface area (Å²) in [7, 11) is 3.35. The van der Waals surface area contributed by atoms with Crippen LogP contribution in [0.4, 0.5) is 0 Å². The molecular formula is C17H19N3O3S. The smallest absolute Gasteiger partial charge is 0.164 e. The largest absolute Gasteiger partial charge is 0.494 e. The first-order valence-electron chi connectivity index (χ1n) is 7.89. The molecule has 1 fully saturated rings. The van der Waals surface area contributed by atoms with E-state index in [1.54, 1.807) is 38.0 Å². The molecule has 6 nitrogen and oxygen atoms in total. The zero-order valence-electron chi connectivity index (χ0n) is 13.7. The fourth-order valence-corrected chi connectivity index (χ4v) is 4.36. The van der Waals surface area contributed by atoms with E-state index in [0.717, 1.165) is 65.5 Å². The molecule has 7 heteroatoms. The zero-order chi connectivity index (χ0) is 16.5. The van der Waals surface area contributed by atoms with E-state index >= 15 is 0 Å². The summed E-state index contributed by atoms with van der Waals surface area (Å²) in [4.78, 5) is 12.6. The number of benzene rings is 1. The van der Waals surface area contributed by atoms with Crippen molar-refractivity contribution in [2.24, 2.45) is 0 Å². The van der Waals surface area contributed by atoms with E-state index in [1.807, 2.05) is 0 Å². The molecule has 0 saturated carbocycles. The van der Waals surface area contributed by atoms with Crippen molar-refractivity contribution in [2.75, 3.05) is 40.5 Å². The summed E-state index contributed by atoms with van der Waals surface area (Å²) in [6, 6.07) is 2.19. The van der Waals surface area contributed by atoms with E-state index in [-0.39, 0.29) is 0 Å². The SMILES string of the molecule is COc1c2cc(CN3CCOCC3)sc2c(OC)c2nccnc12. The molecule has 3 aromatic rings. The summed E-state index contributed by atoms with van der Waals surface area (Å²) >= 11 is 1.73. The topological polar surface area (TPSA) is 56.7 Å². The summed E-state index contributed by atoms with van der Waals surface area (Å²) in [6.45, 7) is 4.44. The van der Waals surface area contributed by atoms with Gasteiger partial charge in [-0.3, -0.25) is 4.90 Å². The molecule has 3 heterocycles. The van der Waals surface area contributed by atoms with E-state index in [4.69, 9.17) is 14.2 Å². The lowest BCUT2D eigenvalue weighted by atomic mass is 10.1. The van der Waals surface area contributed by atoms with Gasteiger partial charge < -0.3 is 14.2 Å². The fourth-order valence-electron chi connectivity index (χ4n) is 3.14. The van der Waals surface area contributed by atoms with Gasteiger partial charge >= 0.3 is 0 Å². The van der Waals surface area contributed by atoms with Crippen LogP contribution in [0.15, 0.2) is 18.5 Å². The van der Waals surface area contributed by atoms with E-state index in [0.29, 0.717) is 0 Å². The Morgan fingerprint density at radius 2 is 1.75 bits per heavy atom. The molecule has 0 N–H and O–H groups in total. The van der Waals surface area contributed by atoms with Gasteiger partial charge in [-0.2, -0.15) is 0 Å². The number of morpholine rings is 1. The lowest BCUT2D eigenvalue weighted by Gasteiger charge is -2.25. The van der Waals surface area contributed by atoms with Crippen LogP contribution >= 0.6 is 11.3 Å². The van der Waals surface area contributed by atoms with Crippen molar-refractivity contribution in [2.45, 2.75) is 6.54 Å². The first-order chi connectivity index (χ1) is 11.8. The molecule has 0 bridgehead atoms. The maximum absolute atomic E-state index is 5.66. The molecule has 2 aromatic heterocycles. The molecule has 4 rings (SSSR count). The second-order valence-corrected chi connectivity index (χ2v) is 6.80. The highest BCUT2D eigenvalue weighted by Gasteiger charge is 2.21. The van der Waals surface area contributed by atoms with Crippen molar-refractivity contribution >= 4 is 32.5 Å². The zero-order valence-corrected chi connectivity index (χ0v) is 14.6. The van der Waals surface area contributed by atoms with Crippen LogP contribution in [0.3, 0.4) is 0 Å². The monoisotopic (exact) mass is 345 g/mol. The van der Waals surface area contributed by atoms with Crippen LogP contribution in [0, 0.1) is 0 Å². The highest BCUT2D eigenvalue weighted by Crippen LogP contribution is 2.44. The minimum Gasteiger partial charge on any atom is -0.494 e. The second-order valence-electron chi connectivity index (χ2n) is 5.66. The average molecular weight is 345 g/mol. The van der Waals surface area contributed by atoms with Gasteiger partial charge in [-0.1, -0.05) is 0 Å². The second kappa shape index (κ2) is 6.51. The molecule has 126 valence electrons. The van der Waals surface area contributed by atoms with Crippen LogP contribution in [0.1, 0.15) is 4.88 Å². The number of fused-ring (bicyclic) bond motifs is 2. The van der Waals surface area contributed by atoms with Gasteiger partial charge in [0.15, 0.2) is 11.5 Å². The van der Waals surface area contributed by atoms with Crippen molar-refractivity contribution < 1.29 is 14.2 Å². The summed E-state index contributed by atoms with van der Waals surface area (Å²) < 4.78 is 17.8. The van der Waals surface area contributed by atoms with Crippen LogP contribution in [0.2, 0.25) is 0 Å². The number of nitrogens with zero attached hydrogens (tertiary/aromatic N) is 3. The quantitative estimate of drug-likeness (QED) is 0.725. The summed E-state index contributed by atoms with van der Waals surface area (Å²) in [5.74, 6) is 1.53. The Kier molecular flexibility index (Phi) is 4.22. The van der Waals surface area contributed by atoms with Gasteiger partial charge in [0.05, 0.1) is 32.1 Å². The Hall–Kier alpha value is -1.96. The number of hydrogen-bond donors (Lipinski definition) is 0. The summed E-state index contributed by atoms with van der Waals surface area (Å²) in [5, 5.41) is 1.04. The van der Waals surface area contributed by atoms with Crippen LogP contribution in [0.5, 0.6) is 11.5 Å². The predicted octanol–water partition coefficient (Wildman–Crippen LogP) is 2.69. The van der Waals surface area contributed by atoms with Crippen LogP contribution < -0.4 is 9.47 Å². The molecule has 1 aliphatic heterocycles. The summed E-state index contributed by atoms with van der Waals surface area (Å²) in [5.41, 5.74) is 1.48. The third-order valence-electron chi connectivity index (χ3n) is 4.25. The van der Waals surface area contributed by atoms with Gasteiger partial charge in [0, 0.05) is 42.3 Å².